The molecule has 0 aliphatic carbocycles. The fourth-order valence-corrected chi connectivity index (χ4v) is 13.8. The third kappa shape index (κ3) is 41.6. The number of aliphatic hydroxyl groups excluding tert-OH is 11. The van der Waals surface area contributed by atoms with E-state index in [4.69, 9.17) is 28.4 Å². The zero-order valence-electron chi connectivity index (χ0n) is 62.7. The number of aliphatic hydroxyl groups is 11. The van der Waals surface area contributed by atoms with E-state index in [0.29, 0.717) is 12.8 Å². The molecule has 0 aromatic rings. The summed E-state index contributed by atoms with van der Waals surface area (Å²) < 4.78 is 34.4. The standard InChI is InChI=1S/C81H149NO18/c1-3-5-7-9-11-13-15-17-19-21-23-25-27-29-31-32-33-35-37-39-41-43-45-47-49-51-53-55-57-59-69(87)82-64(65(86)58-56-54-52-50-48-46-44-42-40-38-36-34-30-28-26-24-22-20-18-16-14-12-10-8-6-4-2)63-95-79-75(93)72(90)77(67(61-84)97-79)100-81-76(94)73(91)78(68(62-85)98-81)99-80-74(92)71(89)70(88)66(60-83)96-80/h15,17,21,23,48,50,56,58,64-68,70-81,83-86,88-94H,3-14,16,18-20,22,24-47,49,51-55,57,59-63H2,1-2H3,(H,82,87)/b17-15-,23-21-,50-48+,58-56+. The molecule has 3 fully saturated rings. The van der Waals surface area contributed by atoms with Gasteiger partial charge in [0.25, 0.3) is 0 Å². The Hall–Kier alpha value is -2.25. The van der Waals surface area contributed by atoms with E-state index in [1.807, 2.05) is 6.08 Å². The second kappa shape index (κ2) is 61.9. The highest BCUT2D eigenvalue weighted by atomic mass is 16.8. The summed E-state index contributed by atoms with van der Waals surface area (Å²) >= 11 is 0. The first-order chi connectivity index (χ1) is 48.8. The Morgan fingerprint density at radius 2 is 0.670 bits per heavy atom. The Kier molecular flexibility index (Phi) is 56.9. The highest BCUT2D eigenvalue weighted by Crippen LogP contribution is 2.33. The van der Waals surface area contributed by atoms with E-state index in [0.717, 1.165) is 44.9 Å². The molecule has 19 nitrogen and oxygen atoms in total. The first-order valence-corrected chi connectivity index (χ1v) is 40.9. The highest BCUT2D eigenvalue weighted by Gasteiger charge is 2.54. The Balaban J connectivity index is 1.38. The van der Waals surface area contributed by atoms with Gasteiger partial charge < -0.3 is 89.9 Å². The van der Waals surface area contributed by atoms with Gasteiger partial charge in [0, 0.05) is 6.42 Å². The lowest BCUT2D eigenvalue weighted by Gasteiger charge is -2.48. The molecule has 0 radical (unpaired) electrons. The van der Waals surface area contributed by atoms with Crippen LogP contribution in [0.2, 0.25) is 0 Å². The summed E-state index contributed by atoms with van der Waals surface area (Å²) in [7, 11) is 0. The molecule has 100 heavy (non-hydrogen) atoms. The minimum Gasteiger partial charge on any atom is -0.394 e. The van der Waals surface area contributed by atoms with Crippen LogP contribution in [0.4, 0.5) is 0 Å². The van der Waals surface area contributed by atoms with E-state index in [-0.39, 0.29) is 18.9 Å². The minimum atomic E-state index is -1.98. The summed E-state index contributed by atoms with van der Waals surface area (Å²) in [6.45, 7) is 1.75. The average molecular weight is 1430 g/mol. The molecule has 3 heterocycles. The third-order valence-corrected chi connectivity index (χ3v) is 20.3. The number of amides is 1. The van der Waals surface area contributed by atoms with Gasteiger partial charge in [-0.3, -0.25) is 4.79 Å². The molecule has 0 aromatic carbocycles. The van der Waals surface area contributed by atoms with E-state index in [1.54, 1.807) is 6.08 Å². The van der Waals surface area contributed by atoms with E-state index in [9.17, 15) is 61.0 Å². The van der Waals surface area contributed by atoms with Crippen LogP contribution in [-0.2, 0) is 33.2 Å². The molecule has 0 bridgehead atoms. The molecule has 0 spiro atoms. The Bertz CT molecular complexity index is 1990. The van der Waals surface area contributed by atoms with Gasteiger partial charge in [0.15, 0.2) is 18.9 Å². The SMILES string of the molecule is CCCCCCC/C=C\C/C=C\CCCCCCCCCCCCCCCCCCCC(=O)NC(COC1OC(CO)C(OC2OC(CO)C(OC3OC(CO)C(O)C(O)C3O)C(O)C2O)C(O)C1O)C(O)/C=C/CC/C=C/CCCCCCCCCCCCCCCCCCCCCC. The van der Waals surface area contributed by atoms with Gasteiger partial charge in [-0.2, -0.15) is 0 Å². The van der Waals surface area contributed by atoms with Crippen LogP contribution in [0, 0.1) is 0 Å². The summed E-state index contributed by atoms with van der Waals surface area (Å²) in [5, 5.41) is 121. The van der Waals surface area contributed by atoms with Crippen LogP contribution in [0.5, 0.6) is 0 Å². The number of nitrogens with one attached hydrogen (secondary N) is 1. The molecule has 17 atom stereocenters. The van der Waals surface area contributed by atoms with Crippen molar-refractivity contribution >= 4 is 5.91 Å². The number of hydrogen-bond acceptors (Lipinski definition) is 18. The molecule has 586 valence electrons. The van der Waals surface area contributed by atoms with E-state index < -0.39 is 124 Å². The van der Waals surface area contributed by atoms with Crippen LogP contribution in [0.3, 0.4) is 0 Å². The maximum atomic E-state index is 13.5. The van der Waals surface area contributed by atoms with Crippen LogP contribution in [-0.4, -0.2) is 193 Å². The lowest BCUT2D eigenvalue weighted by Crippen LogP contribution is -2.66. The predicted molar refractivity (Wildman–Crippen MR) is 397 cm³/mol. The smallest absolute Gasteiger partial charge is 0.220 e. The summed E-state index contributed by atoms with van der Waals surface area (Å²) in [4.78, 5) is 13.5. The van der Waals surface area contributed by atoms with Gasteiger partial charge in [-0.1, -0.05) is 306 Å². The van der Waals surface area contributed by atoms with Gasteiger partial charge in [0.1, 0.15) is 73.2 Å². The minimum absolute atomic E-state index is 0.237. The molecule has 3 rings (SSSR count). The molecule has 17 unspecified atom stereocenters. The molecule has 1 amide bonds. The van der Waals surface area contributed by atoms with Crippen LogP contribution in [0.15, 0.2) is 48.6 Å². The van der Waals surface area contributed by atoms with Crippen LogP contribution < -0.4 is 5.32 Å². The second-order valence-corrected chi connectivity index (χ2v) is 29.2. The normalized spacial score (nSPS) is 26.7. The molecule has 3 aliphatic heterocycles. The largest absolute Gasteiger partial charge is 0.394 e. The first-order valence-electron chi connectivity index (χ1n) is 40.9. The van der Waals surface area contributed by atoms with Crippen LogP contribution in [0.1, 0.15) is 328 Å². The lowest BCUT2D eigenvalue weighted by atomic mass is 9.96. The lowest BCUT2D eigenvalue weighted by molar-refractivity contribution is -0.379. The summed E-state index contributed by atoms with van der Waals surface area (Å²) in [5.74, 6) is -0.281. The number of ether oxygens (including phenoxy) is 6. The van der Waals surface area contributed by atoms with Gasteiger partial charge in [-0.15, -0.1) is 0 Å². The number of unbranched alkanes of at least 4 members (excludes halogenated alkanes) is 43. The fraction of sp³-hybridized carbons (Fsp3) is 0.889. The molecular formula is C81H149NO18. The Morgan fingerprint density at radius 3 is 1.06 bits per heavy atom. The van der Waals surface area contributed by atoms with Crippen molar-refractivity contribution in [3.63, 3.8) is 0 Å². The summed E-state index contributed by atoms with van der Waals surface area (Å²) in [5.41, 5.74) is 0. The second-order valence-electron chi connectivity index (χ2n) is 29.2. The van der Waals surface area contributed by atoms with Crippen LogP contribution >= 0.6 is 0 Å². The summed E-state index contributed by atoms with van der Waals surface area (Å²) in [6, 6.07) is -0.992. The van der Waals surface area contributed by atoms with Crippen molar-refractivity contribution in [2.75, 3.05) is 26.4 Å². The van der Waals surface area contributed by atoms with Crippen molar-refractivity contribution in [1.82, 2.24) is 5.32 Å². The number of allylic oxidation sites excluding steroid dienone is 7. The van der Waals surface area contributed by atoms with Crippen LogP contribution in [0.25, 0.3) is 0 Å². The van der Waals surface area contributed by atoms with Gasteiger partial charge in [0.2, 0.25) is 5.91 Å². The quantitative estimate of drug-likeness (QED) is 0.0199. The zero-order valence-corrected chi connectivity index (χ0v) is 62.7. The maximum absolute atomic E-state index is 13.5. The van der Waals surface area contributed by atoms with Crippen molar-refractivity contribution < 1.29 is 89.4 Å². The Morgan fingerprint density at radius 1 is 0.360 bits per heavy atom. The van der Waals surface area contributed by atoms with Gasteiger partial charge in [-0.25, -0.2) is 0 Å². The third-order valence-electron chi connectivity index (χ3n) is 20.3. The first kappa shape index (κ1) is 92.0. The fourth-order valence-electron chi connectivity index (χ4n) is 13.8. The number of carbonyl (C=O) groups is 1. The van der Waals surface area contributed by atoms with Crippen molar-refractivity contribution in [3.05, 3.63) is 48.6 Å². The van der Waals surface area contributed by atoms with Gasteiger partial charge >= 0.3 is 0 Å². The van der Waals surface area contributed by atoms with E-state index in [1.165, 1.54) is 250 Å². The maximum Gasteiger partial charge on any atom is 0.220 e. The monoisotopic (exact) mass is 1420 g/mol. The highest BCUT2D eigenvalue weighted by molar-refractivity contribution is 5.76. The topological polar surface area (TPSA) is 307 Å². The molecule has 3 aliphatic rings. The molecule has 3 saturated heterocycles. The summed E-state index contributed by atoms with van der Waals surface area (Å²) in [6.07, 6.45) is 51.0. The van der Waals surface area contributed by atoms with Gasteiger partial charge in [-0.05, 0) is 64.2 Å². The average Bonchev–Trinajstić information content (AvgIpc) is 0.783. The molecule has 19 heteroatoms. The van der Waals surface area contributed by atoms with Crippen molar-refractivity contribution in [2.45, 2.75) is 433 Å². The van der Waals surface area contributed by atoms with E-state index in [2.05, 4.69) is 55.6 Å². The van der Waals surface area contributed by atoms with E-state index >= 15 is 0 Å². The van der Waals surface area contributed by atoms with Crippen molar-refractivity contribution in [2.24, 2.45) is 0 Å². The molecule has 0 saturated carbocycles. The van der Waals surface area contributed by atoms with Crippen molar-refractivity contribution in [1.29, 1.82) is 0 Å². The van der Waals surface area contributed by atoms with Gasteiger partial charge in [0.05, 0.1) is 38.6 Å². The molecular weight excluding hydrogens is 1270 g/mol. The van der Waals surface area contributed by atoms with Crippen molar-refractivity contribution in [3.8, 4) is 0 Å². The number of rotatable bonds is 65. The Labute approximate surface area is 605 Å². The number of carbonyl (C=O) groups excluding carboxylic acids is 1. The molecule has 12 N–H and O–H groups in total. The predicted octanol–water partition coefficient (Wildman–Crippen LogP) is 13.7. The molecule has 0 aromatic heterocycles. The number of hydrogen-bond donors (Lipinski definition) is 12. The zero-order chi connectivity index (χ0) is 72.5.